The summed E-state index contributed by atoms with van der Waals surface area (Å²) in [5, 5.41) is 6.79. The molecular weight excluding hydrogens is 376 g/mol. The van der Waals surface area contributed by atoms with Crippen molar-refractivity contribution >= 4 is 33.6 Å². The van der Waals surface area contributed by atoms with E-state index in [1.54, 1.807) is 11.8 Å². The molecule has 2 heterocycles. The molecule has 0 aliphatic carbocycles. The van der Waals surface area contributed by atoms with Gasteiger partial charge in [-0.1, -0.05) is 22.9 Å². The van der Waals surface area contributed by atoms with Crippen molar-refractivity contribution in [2.24, 2.45) is 5.92 Å². The van der Waals surface area contributed by atoms with Crippen LogP contribution in [0.2, 0.25) is 0 Å². The summed E-state index contributed by atoms with van der Waals surface area (Å²) in [7, 11) is 0. The zero-order chi connectivity index (χ0) is 16.2. The van der Waals surface area contributed by atoms with Crippen LogP contribution in [0.5, 0.6) is 0 Å². The number of piperidine rings is 1. The fraction of sp³-hybridized carbons (Fsp3) is 0.562. The predicted molar refractivity (Wildman–Crippen MR) is 97.3 cm³/mol. The number of halogens is 1. The second-order valence-electron chi connectivity index (χ2n) is 6.16. The van der Waals surface area contributed by atoms with Gasteiger partial charge in [0.25, 0.3) is 0 Å². The molecule has 1 aromatic carbocycles. The van der Waals surface area contributed by atoms with E-state index in [9.17, 15) is 4.79 Å². The summed E-state index contributed by atoms with van der Waals surface area (Å²) in [6.07, 6.45) is 1.07. The molecule has 23 heavy (non-hydrogen) atoms. The lowest BCUT2D eigenvalue weighted by atomic mass is 9.89. The van der Waals surface area contributed by atoms with Crippen LogP contribution in [-0.4, -0.2) is 42.9 Å². The van der Waals surface area contributed by atoms with E-state index >= 15 is 0 Å². The van der Waals surface area contributed by atoms with Crippen LogP contribution < -0.4 is 21.5 Å². The predicted octanol–water partition coefficient (Wildman–Crippen LogP) is 1.50. The van der Waals surface area contributed by atoms with Crippen molar-refractivity contribution in [3.05, 3.63) is 28.7 Å². The molecule has 7 heteroatoms. The Morgan fingerprint density at radius 3 is 2.96 bits per heavy atom. The monoisotopic (exact) mass is 398 g/mol. The molecule has 0 saturated carbocycles. The number of fused-ring (bicyclic) bond motifs is 1. The molecule has 4 N–H and O–H groups in total. The first-order valence-electron chi connectivity index (χ1n) is 8.05. The lowest BCUT2D eigenvalue weighted by molar-refractivity contribution is -0.123. The van der Waals surface area contributed by atoms with Crippen LogP contribution in [0.15, 0.2) is 33.6 Å². The third kappa shape index (κ3) is 4.48. The van der Waals surface area contributed by atoms with Gasteiger partial charge in [-0.15, -0.1) is 11.8 Å². The summed E-state index contributed by atoms with van der Waals surface area (Å²) >= 11 is 5.22. The van der Waals surface area contributed by atoms with E-state index in [4.69, 9.17) is 0 Å². The van der Waals surface area contributed by atoms with E-state index < -0.39 is 0 Å². The Morgan fingerprint density at radius 1 is 1.39 bits per heavy atom. The molecule has 4 unspecified atom stereocenters. The fourth-order valence-corrected chi connectivity index (χ4v) is 4.31. The Balaban J connectivity index is 1.46. The first-order chi connectivity index (χ1) is 11.1. The molecule has 1 aromatic rings. The van der Waals surface area contributed by atoms with Crippen molar-refractivity contribution < 1.29 is 4.79 Å². The lowest BCUT2D eigenvalue weighted by Crippen LogP contribution is -2.50. The Bertz CT molecular complexity index is 541. The van der Waals surface area contributed by atoms with E-state index in [0.29, 0.717) is 23.8 Å². The molecule has 1 amide bonds. The van der Waals surface area contributed by atoms with Gasteiger partial charge >= 0.3 is 0 Å². The zero-order valence-electron chi connectivity index (χ0n) is 13.1. The van der Waals surface area contributed by atoms with Crippen LogP contribution in [0.4, 0.5) is 0 Å². The summed E-state index contributed by atoms with van der Waals surface area (Å²) in [5.74, 6) is 0.426. The highest BCUT2D eigenvalue weighted by molar-refractivity contribution is 9.10. The highest BCUT2D eigenvalue weighted by Gasteiger charge is 2.40. The minimum atomic E-state index is -0.141. The van der Waals surface area contributed by atoms with Gasteiger partial charge in [-0.25, -0.2) is 5.43 Å². The van der Waals surface area contributed by atoms with E-state index in [1.807, 2.05) is 12.1 Å². The Morgan fingerprint density at radius 2 is 2.17 bits per heavy atom. The standard InChI is InChI=1S/C16H23BrN4OS/c1-10(23-12-4-2-11(17)3-5-12)8-19-16(22)15-13-9-18-7-6-14(13)20-21-15/h2-5,10,13-15,18,20-21H,6-9H2,1H3,(H,19,22). The highest BCUT2D eigenvalue weighted by Crippen LogP contribution is 2.25. The largest absolute Gasteiger partial charge is 0.354 e. The van der Waals surface area contributed by atoms with Crippen molar-refractivity contribution in [2.45, 2.75) is 35.6 Å². The molecule has 2 aliphatic heterocycles. The van der Waals surface area contributed by atoms with Gasteiger partial charge in [0.1, 0.15) is 6.04 Å². The van der Waals surface area contributed by atoms with Crippen molar-refractivity contribution in [1.82, 2.24) is 21.5 Å². The van der Waals surface area contributed by atoms with Gasteiger partial charge in [0.15, 0.2) is 0 Å². The molecule has 0 aromatic heterocycles. The maximum Gasteiger partial charge on any atom is 0.238 e. The molecule has 0 spiro atoms. The van der Waals surface area contributed by atoms with Gasteiger partial charge in [0.2, 0.25) is 5.91 Å². The summed E-state index contributed by atoms with van der Waals surface area (Å²) in [6, 6.07) is 8.52. The number of rotatable bonds is 5. The fourth-order valence-electron chi connectivity index (χ4n) is 3.12. The number of hydrazine groups is 1. The van der Waals surface area contributed by atoms with Crippen LogP contribution in [-0.2, 0) is 4.79 Å². The van der Waals surface area contributed by atoms with Gasteiger partial charge in [0, 0.05) is 39.7 Å². The highest BCUT2D eigenvalue weighted by atomic mass is 79.9. The minimum Gasteiger partial charge on any atom is -0.354 e. The van der Waals surface area contributed by atoms with Crippen LogP contribution in [0.25, 0.3) is 0 Å². The maximum atomic E-state index is 12.4. The van der Waals surface area contributed by atoms with Gasteiger partial charge in [0.05, 0.1) is 0 Å². The van der Waals surface area contributed by atoms with Crippen LogP contribution >= 0.6 is 27.7 Å². The van der Waals surface area contributed by atoms with Gasteiger partial charge in [-0.2, -0.15) is 0 Å². The van der Waals surface area contributed by atoms with Crippen molar-refractivity contribution in [3.63, 3.8) is 0 Å². The maximum absolute atomic E-state index is 12.4. The topological polar surface area (TPSA) is 65.2 Å². The molecular formula is C16H23BrN4OS. The SMILES string of the molecule is CC(CNC(=O)C1NNC2CCNCC21)Sc1ccc(Br)cc1. The number of carbonyl (C=O) groups excluding carboxylic acids is 1. The zero-order valence-corrected chi connectivity index (χ0v) is 15.5. The summed E-state index contributed by atoms with van der Waals surface area (Å²) in [5.41, 5.74) is 6.43. The smallest absolute Gasteiger partial charge is 0.238 e. The van der Waals surface area contributed by atoms with E-state index in [0.717, 1.165) is 24.0 Å². The summed E-state index contributed by atoms with van der Waals surface area (Å²) < 4.78 is 1.08. The Kier molecular flexibility index (Phi) is 5.98. The van der Waals surface area contributed by atoms with Crippen molar-refractivity contribution in [3.8, 4) is 0 Å². The number of amides is 1. The van der Waals surface area contributed by atoms with Crippen molar-refractivity contribution in [2.75, 3.05) is 19.6 Å². The van der Waals surface area contributed by atoms with E-state index in [-0.39, 0.29) is 11.9 Å². The van der Waals surface area contributed by atoms with Gasteiger partial charge < -0.3 is 10.6 Å². The molecule has 0 radical (unpaired) electrons. The van der Waals surface area contributed by atoms with Crippen molar-refractivity contribution in [1.29, 1.82) is 0 Å². The quantitative estimate of drug-likeness (QED) is 0.566. The second-order valence-corrected chi connectivity index (χ2v) is 8.58. The third-order valence-corrected chi connectivity index (χ3v) is 6.02. The number of thioether (sulfide) groups is 1. The molecule has 2 fully saturated rings. The second kappa shape index (κ2) is 7.98. The third-order valence-electron chi connectivity index (χ3n) is 4.38. The van der Waals surface area contributed by atoms with Gasteiger partial charge in [-0.05, 0) is 37.2 Å². The lowest BCUT2D eigenvalue weighted by Gasteiger charge is -2.27. The Hall–Kier alpha value is -0.600. The average Bonchev–Trinajstić information content (AvgIpc) is 2.99. The normalized spacial score (nSPS) is 28.2. The number of benzene rings is 1. The molecule has 3 rings (SSSR count). The average molecular weight is 399 g/mol. The van der Waals surface area contributed by atoms with Crippen LogP contribution in [0, 0.1) is 5.92 Å². The first-order valence-corrected chi connectivity index (χ1v) is 9.72. The summed E-state index contributed by atoms with van der Waals surface area (Å²) in [6.45, 7) is 4.72. The van der Waals surface area contributed by atoms with E-state index in [2.05, 4.69) is 56.5 Å². The number of hydrogen-bond acceptors (Lipinski definition) is 5. The molecule has 0 bridgehead atoms. The Labute approximate surface area is 149 Å². The first kappa shape index (κ1) is 17.2. The molecule has 2 saturated heterocycles. The van der Waals surface area contributed by atoms with Crippen LogP contribution in [0.1, 0.15) is 13.3 Å². The van der Waals surface area contributed by atoms with Gasteiger partial charge in [-0.3, -0.25) is 10.2 Å². The minimum absolute atomic E-state index is 0.0944. The molecule has 126 valence electrons. The molecule has 5 nitrogen and oxygen atoms in total. The molecule has 4 atom stereocenters. The van der Waals surface area contributed by atoms with Crippen LogP contribution in [0.3, 0.4) is 0 Å². The van der Waals surface area contributed by atoms with E-state index in [1.165, 1.54) is 4.90 Å². The number of nitrogens with one attached hydrogen (secondary N) is 4. The molecule has 2 aliphatic rings. The summed E-state index contributed by atoms with van der Waals surface area (Å²) in [4.78, 5) is 13.7. The number of carbonyl (C=O) groups is 1. The number of hydrogen-bond donors (Lipinski definition) is 4.